The van der Waals surface area contributed by atoms with Gasteiger partial charge in [-0.25, -0.2) is 0 Å². The van der Waals surface area contributed by atoms with E-state index < -0.39 is 0 Å². The first-order valence-electron chi connectivity index (χ1n) is 6.58. The maximum Gasteiger partial charge on any atom is 0.253 e. The van der Waals surface area contributed by atoms with Gasteiger partial charge in [0.05, 0.1) is 25.8 Å². The van der Waals surface area contributed by atoms with E-state index in [-0.39, 0.29) is 11.9 Å². The van der Waals surface area contributed by atoms with Crippen molar-refractivity contribution in [2.24, 2.45) is 0 Å². The van der Waals surface area contributed by atoms with Crippen LogP contribution in [0.5, 0.6) is 11.5 Å². The number of amides is 1. The zero-order valence-electron chi connectivity index (χ0n) is 12.3. The van der Waals surface area contributed by atoms with Gasteiger partial charge >= 0.3 is 0 Å². The predicted octanol–water partition coefficient (Wildman–Crippen LogP) is 2.59. The molecule has 110 valence electrons. The topological polar surface area (TPSA) is 60.5 Å². The van der Waals surface area contributed by atoms with Gasteiger partial charge in [-0.05, 0) is 36.8 Å². The molecule has 2 aromatic rings. The van der Waals surface area contributed by atoms with Crippen molar-refractivity contribution in [1.29, 1.82) is 0 Å². The molecule has 1 amide bonds. The lowest BCUT2D eigenvalue weighted by Gasteiger charge is -2.16. The summed E-state index contributed by atoms with van der Waals surface area (Å²) in [5.41, 5.74) is 1.47. The van der Waals surface area contributed by atoms with Crippen LogP contribution < -0.4 is 14.8 Å². The molecule has 0 saturated heterocycles. The van der Waals surface area contributed by atoms with Crippen molar-refractivity contribution >= 4 is 5.91 Å². The third kappa shape index (κ3) is 3.51. The van der Waals surface area contributed by atoms with Gasteiger partial charge in [0.25, 0.3) is 5.91 Å². The molecule has 1 aromatic carbocycles. The molecule has 5 heteroatoms. The highest BCUT2D eigenvalue weighted by Gasteiger charge is 2.13. The van der Waals surface area contributed by atoms with Crippen molar-refractivity contribution in [3.63, 3.8) is 0 Å². The second-order valence-corrected chi connectivity index (χ2v) is 4.55. The normalized spacial score (nSPS) is 11.6. The number of carbonyl (C=O) groups is 1. The number of nitrogens with zero attached hydrogens (tertiary/aromatic N) is 1. The quantitative estimate of drug-likeness (QED) is 0.917. The molecule has 0 unspecified atom stereocenters. The summed E-state index contributed by atoms with van der Waals surface area (Å²) >= 11 is 0. The van der Waals surface area contributed by atoms with Crippen LogP contribution in [-0.2, 0) is 0 Å². The average Bonchev–Trinajstić information content (AvgIpc) is 2.54. The number of hydrogen-bond donors (Lipinski definition) is 1. The van der Waals surface area contributed by atoms with Gasteiger partial charge in [-0.15, -0.1) is 0 Å². The second kappa shape index (κ2) is 6.74. The van der Waals surface area contributed by atoms with E-state index in [1.165, 1.54) is 6.20 Å². The number of pyridine rings is 1. The summed E-state index contributed by atoms with van der Waals surface area (Å²) in [4.78, 5) is 16.0. The van der Waals surface area contributed by atoms with Crippen LogP contribution >= 0.6 is 0 Å². The first-order chi connectivity index (χ1) is 10.2. The van der Waals surface area contributed by atoms with Crippen molar-refractivity contribution in [3.8, 4) is 11.5 Å². The maximum absolute atomic E-state index is 12.1. The van der Waals surface area contributed by atoms with Crippen LogP contribution in [0.4, 0.5) is 0 Å². The van der Waals surface area contributed by atoms with E-state index in [9.17, 15) is 4.79 Å². The molecule has 1 atom stereocenters. The zero-order chi connectivity index (χ0) is 15.2. The fourth-order valence-electron chi connectivity index (χ4n) is 1.98. The van der Waals surface area contributed by atoms with Crippen LogP contribution in [0.25, 0.3) is 0 Å². The fraction of sp³-hybridized carbons (Fsp3) is 0.250. The zero-order valence-corrected chi connectivity index (χ0v) is 12.3. The summed E-state index contributed by atoms with van der Waals surface area (Å²) in [6, 6.07) is 8.88. The molecule has 0 saturated carbocycles. The Kier molecular flexibility index (Phi) is 4.77. The monoisotopic (exact) mass is 286 g/mol. The van der Waals surface area contributed by atoms with E-state index in [4.69, 9.17) is 9.47 Å². The van der Waals surface area contributed by atoms with Crippen LogP contribution in [0.15, 0.2) is 42.7 Å². The number of methoxy groups -OCH3 is 2. The van der Waals surface area contributed by atoms with Crippen LogP contribution in [-0.4, -0.2) is 25.1 Å². The first-order valence-corrected chi connectivity index (χ1v) is 6.58. The largest absolute Gasteiger partial charge is 0.493 e. The smallest absolute Gasteiger partial charge is 0.253 e. The van der Waals surface area contributed by atoms with Gasteiger partial charge in [-0.2, -0.15) is 0 Å². The Morgan fingerprint density at radius 2 is 1.95 bits per heavy atom. The van der Waals surface area contributed by atoms with Crippen LogP contribution in [0.1, 0.15) is 28.9 Å². The van der Waals surface area contributed by atoms with Gasteiger partial charge < -0.3 is 14.8 Å². The van der Waals surface area contributed by atoms with E-state index >= 15 is 0 Å². The van der Waals surface area contributed by atoms with Crippen molar-refractivity contribution in [2.45, 2.75) is 13.0 Å². The molecule has 0 aliphatic heterocycles. The second-order valence-electron chi connectivity index (χ2n) is 4.55. The SMILES string of the molecule is COc1ccc([C@@H](C)NC(=O)c2cccnc2)cc1OC. The lowest BCUT2D eigenvalue weighted by Crippen LogP contribution is -2.26. The predicted molar refractivity (Wildman–Crippen MR) is 79.7 cm³/mol. The number of ether oxygens (including phenoxy) is 2. The van der Waals surface area contributed by atoms with Gasteiger partial charge in [-0.1, -0.05) is 6.07 Å². The molecular weight excluding hydrogens is 268 g/mol. The van der Waals surface area contributed by atoms with Gasteiger partial charge in [0, 0.05) is 12.4 Å². The third-order valence-electron chi connectivity index (χ3n) is 3.18. The minimum Gasteiger partial charge on any atom is -0.493 e. The molecule has 2 rings (SSSR count). The van der Waals surface area contributed by atoms with E-state index in [0.29, 0.717) is 17.1 Å². The van der Waals surface area contributed by atoms with E-state index in [0.717, 1.165) is 5.56 Å². The molecule has 0 aliphatic carbocycles. The molecule has 1 aromatic heterocycles. The first kappa shape index (κ1) is 14.8. The Labute approximate surface area is 123 Å². The van der Waals surface area contributed by atoms with Crippen LogP contribution in [0, 0.1) is 0 Å². The number of benzene rings is 1. The van der Waals surface area contributed by atoms with Gasteiger partial charge in [0.2, 0.25) is 0 Å². The highest BCUT2D eigenvalue weighted by molar-refractivity contribution is 5.94. The van der Waals surface area contributed by atoms with Crippen molar-refractivity contribution in [3.05, 3.63) is 53.9 Å². The lowest BCUT2D eigenvalue weighted by molar-refractivity contribution is 0.0939. The summed E-state index contributed by atoms with van der Waals surface area (Å²) in [5, 5.41) is 2.93. The van der Waals surface area contributed by atoms with Gasteiger partial charge in [-0.3, -0.25) is 9.78 Å². The molecule has 0 bridgehead atoms. The highest BCUT2D eigenvalue weighted by Crippen LogP contribution is 2.29. The van der Waals surface area contributed by atoms with Gasteiger partial charge in [0.15, 0.2) is 11.5 Å². The molecule has 21 heavy (non-hydrogen) atoms. The number of nitrogens with one attached hydrogen (secondary N) is 1. The summed E-state index contributed by atoms with van der Waals surface area (Å²) in [5.74, 6) is 1.13. The fourth-order valence-corrected chi connectivity index (χ4v) is 1.98. The Hall–Kier alpha value is -2.56. The molecule has 0 aliphatic rings. The van der Waals surface area contributed by atoms with Gasteiger partial charge in [0.1, 0.15) is 0 Å². The number of aromatic nitrogens is 1. The molecule has 5 nitrogen and oxygen atoms in total. The summed E-state index contributed by atoms with van der Waals surface area (Å²) in [6.07, 6.45) is 3.17. The number of rotatable bonds is 5. The summed E-state index contributed by atoms with van der Waals surface area (Å²) in [6.45, 7) is 1.91. The van der Waals surface area contributed by atoms with Crippen molar-refractivity contribution in [1.82, 2.24) is 10.3 Å². The average molecular weight is 286 g/mol. The molecular formula is C16H18N2O3. The minimum absolute atomic E-state index is 0.155. The van der Waals surface area contributed by atoms with E-state index in [1.807, 2.05) is 25.1 Å². The van der Waals surface area contributed by atoms with Crippen molar-refractivity contribution in [2.75, 3.05) is 14.2 Å². The standard InChI is InChI=1S/C16H18N2O3/c1-11(18-16(19)13-5-4-8-17-10-13)12-6-7-14(20-2)15(9-12)21-3/h4-11H,1-3H3,(H,18,19)/t11-/m1/s1. The molecule has 0 fully saturated rings. The molecule has 0 spiro atoms. The molecule has 1 heterocycles. The summed E-state index contributed by atoms with van der Waals surface area (Å²) < 4.78 is 10.5. The molecule has 0 radical (unpaired) electrons. The molecule has 1 N–H and O–H groups in total. The summed E-state index contributed by atoms with van der Waals surface area (Å²) in [7, 11) is 3.17. The Balaban J connectivity index is 2.13. The number of hydrogen-bond acceptors (Lipinski definition) is 4. The van der Waals surface area contributed by atoms with Crippen molar-refractivity contribution < 1.29 is 14.3 Å². The highest BCUT2D eigenvalue weighted by atomic mass is 16.5. The maximum atomic E-state index is 12.1. The third-order valence-corrected chi connectivity index (χ3v) is 3.18. The van der Waals surface area contributed by atoms with Crippen LogP contribution in [0.3, 0.4) is 0 Å². The minimum atomic E-state index is -0.162. The van der Waals surface area contributed by atoms with Crippen LogP contribution in [0.2, 0.25) is 0 Å². The van der Waals surface area contributed by atoms with E-state index in [2.05, 4.69) is 10.3 Å². The van der Waals surface area contributed by atoms with E-state index in [1.54, 1.807) is 32.5 Å². The Morgan fingerprint density at radius 1 is 1.19 bits per heavy atom. The Morgan fingerprint density at radius 3 is 2.57 bits per heavy atom. The lowest BCUT2D eigenvalue weighted by atomic mass is 10.1. The number of carbonyl (C=O) groups excluding carboxylic acids is 1. The Bertz CT molecular complexity index is 614.